The molecular formula is C24H19NO5. The molecule has 2 amide bonds. The second-order valence-electron chi connectivity index (χ2n) is 8.03. The third kappa shape index (κ3) is 2.79. The monoisotopic (exact) mass is 401 g/mol. The van der Waals surface area contributed by atoms with Crippen LogP contribution in [0.1, 0.15) is 34.1 Å². The lowest BCUT2D eigenvalue weighted by Gasteiger charge is -2.17. The largest absolute Gasteiger partial charge is 0.423 e. The number of benzene rings is 2. The summed E-state index contributed by atoms with van der Waals surface area (Å²) in [4.78, 5) is 50.7. The topological polar surface area (TPSA) is 80.8 Å². The smallest absolute Gasteiger partial charge is 0.343 e. The molecule has 2 aromatic carbocycles. The van der Waals surface area contributed by atoms with Crippen molar-refractivity contribution in [2.24, 2.45) is 23.7 Å². The van der Waals surface area contributed by atoms with E-state index in [1.54, 1.807) is 48.5 Å². The van der Waals surface area contributed by atoms with Crippen molar-refractivity contribution in [3.05, 3.63) is 71.8 Å². The van der Waals surface area contributed by atoms with Crippen LogP contribution in [0.15, 0.2) is 60.7 Å². The maximum Gasteiger partial charge on any atom is 0.343 e. The van der Waals surface area contributed by atoms with E-state index < -0.39 is 5.97 Å². The standard InChI is InChI=1S/C24H19NO5/c1-13(26)14-6-10-19(11-7-14)30-24(29)15-4-8-18(9-5-15)25-22(27)20-16-2-3-17(12-16)21(20)23(25)28/h2-11,16-17,20-21H,12H2,1H3. The lowest BCUT2D eigenvalue weighted by atomic mass is 9.85. The summed E-state index contributed by atoms with van der Waals surface area (Å²) in [7, 11) is 0. The third-order valence-corrected chi connectivity index (χ3v) is 6.30. The minimum atomic E-state index is -0.560. The lowest BCUT2D eigenvalue weighted by Crippen LogP contribution is -2.32. The van der Waals surface area contributed by atoms with E-state index >= 15 is 0 Å². The van der Waals surface area contributed by atoms with Crippen molar-refractivity contribution < 1.29 is 23.9 Å². The SMILES string of the molecule is CC(=O)c1ccc(OC(=O)c2ccc(N3C(=O)C4C5C=CC(C5)C4C3=O)cc2)cc1. The van der Waals surface area contributed by atoms with Gasteiger partial charge in [-0.25, -0.2) is 4.79 Å². The number of anilines is 1. The molecular weight excluding hydrogens is 382 g/mol. The first-order valence-corrected chi connectivity index (χ1v) is 9.93. The Morgan fingerprint density at radius 3 is 1.90 bits per heavy atom. The van der Waals surface area contributed by atoms with E-state index in [9.17, 15) is 19.2 Å². The van der Waals surface area contributed by atoms with Gasteiger partial charge >= 0.3 is 5.97 Å². The van der Waals surface area contributed by atoms with E-state index in [4.69, 9.17) is 4.74 Å². The van der Waals surface area contributed by atoms with Crippen molar-refractivity contribution in [3.63, 3.8) is 0 Å². The van der Waals surface area contributed by atoms with E-state index in [-0.39, 0.29) is 41.3 Å². The molecule has 0 N–H and O–H groups in total. The molecule has 6 heteroatoms. The summed E-state index contributed by atoms with van der Waals surface area (Å²) in [5, 5.41) is 0. The molecule has 0 spiro atoms. The Labute approximate surface area is 173 Å². The van der Waals surface area contributed by atoms with Crippen LogP contribution in [0.4, 0.5) is 5.69 Å². The van der Waals surface area contributed by atoms with Crippen molar-refractivity contribution in [3.8, 4) is 5.75 Å². The maximum atomic E-state index is 12.9. The lowest BCUT2D eigenvalue weighted by molar-refractivity contribution is -0.123. The number of esters is 1. The molecule has 6 nitrogen and oxygen atoms in total. The highest BCUT2D eigenvalue weighted by Gasteiger charge is 2.59. The predicted molar refractivity (Wildman–Crippen MR) is 108 cm³/mol. The van der Waals surface area contributed by atoms with Crippen molar-refractivity contribution in [2.75, 3.05) is 4.90 Å². The van der Waals surface area contributed by atoms with Crippen molar-refractivity contribution >= 4 is 29.3 Å². The molecule has 1 saturated carbocycles. The minimum absolute atomic E-state index is 0.0672. The summed E-state index contributed by atoms with van der Waals surface area (Å²) < 4.78 is 5.33. The van der Waals surface area contributed by atoms with Gasteiger partial charge in [0.25, 0.3) is 0 Å². The Balaban J connectivity index is 1.31. The number of carbonyl (C=O) groups excluding carboxylic acids is 4. The number of fused-ring (bicyclic) bond motifs is 5. The average molecular weight is 401 g/mol. The average Bonchev–Trinajstić information content (AvgIpc) is 3.42. The number of nitrogens with zero attached hydrogens (tertiary/aromatic N) is 1. The molecule has 150 valence electrons. The zero-order valence-corrected chi connectivity index (χ0v) is 16.3. The fourth-order valence-corrected chi connectivity index (χ4v) is 4.83. The van der Waals surface area contributed by atoms with Gasteiger partial charge in [0, 0.05) is 5.56 Å². The molecule has 1 heterocycles. The van der Waals surface area contributed by atoms with Crippen LogP contribution in [0.5, 0.6) is 5.75 Å². The number of carbonyl (C=O) groups is 4. The molecule has 4 unspecified atom stereocenters. The first-order valence-electron chi connectivity index (χ1n) is 9.93. The number of ketones is 1. The van der Waals surface area contributed by atoms with Gasteiger partial charge in [0.2, 0.25) is 11.8 Å². The zero-order valence-electron chi connectivity index (χ0n) is 16.3. The Morgan fingerprint density at radius 1 is 0.833 bits per heavy atom. The number of amides is 2. The second-order valence-corrected chi connectivity index (χ2v) is 8.03. The first-order chi connectivity index (χ1) is 14.4. The normalized spacial score (nSPS) is 26.2. The Morgan fingerprint density at radius 2 is 1.37 bits per heavy atom. The summed E-state index contributed by atoms with van der Waals surface area (Å²) in [6.07, 6.45) is 5.00. The van der Waals surface area contributed by atoms with Gasteiger partial charge in [-0.1, -0.05) is 12.2 Å². The first kappa shape index (κ1) is 18.5. The molecule has 1 aliphatic heterocycles. The van der Waals surface area contributed by atoms with Gasteiger partial charge in [-0.3, -0.25) is 19.3 Å². The Bertz CT molecular complexity index is 1070. The quantitative estimate of drug-likeness (QED) is 0.258. The molecule has 5 rings (SSSR count). The molecule has 1 saturated heterocycles. The van der Waals surface area contributed by atoms with Crippen molar-refractivity contribution in [1.82, 2.24) is 0 Å². The second kappa shape index (κ2) is 6.76. The summed E-state index contributed by atoms with van der Waals surface area (Å²) in [5.41, 5.74) is 1.31. The fraction of sp³-hybridized carbons (Fsp3) is 0.250. The van der Waals surface area contributed by atoms with Gasteiger partial charge in [0.15, 0.2) is 5.78 Å². The number of allylic oxidation sites excluding steroid dienone is 2. The predicted octanol–water partition coefficient (Wildman–Crippen LogP) is 3.42. The van der Waals surface area contributed by atoms with Crippen molar-refractivity contribution in [2.45, 2.75) is 13.3 Å². The van der Waals surface area contributed by atoms with E-state index in [2.05, 4.69) is 12.2 Å². The van der Waals surface area contributed by atoms with Crippen LogP contribution < -0.4 is 9.64 Å². The van der Waals surface area contributed by atoms with Crippen LogP contribution in [0.2, 0.25) is 0 Å². The highest BCUT2D eigenvalue weighted by Crippen LogP contribution is 2.53. The molecule has 2 fully saturated rings. The van der Waals surface area contributed by atoms with Gasteiger partial charge < -0.3 is 4.74 Å². The number of imide groups is 1. The number of hydrogen-bond acceptors (Lipinski definition) is 5. The van der Waals surface area contributed by atoms with Gasteiger partial charge in [0.05, 0.1) is 23.1 Å². The molecule has 0 radical (unpaired) electrons. The molecule has 2 aliphatic carbocycles. The van der Waals surface area contributed by atoms with Crippen LogP contribution >= 0.6 is 0 Å². The highest BCUT2D eigenvalue weighted by molar-refractivity contribution is 6.22. The van der Waals surface area contributed by atoms with E-state index in [0.29, 0.717) is 22.6 Å². The highest BCUT2D eigenvalue weighted by atomic mass is 16.5. The Hall–Kier alpha value is -3.54. The van der Waals surface area contributed by atoms with E-state index in [1.165, 1.54) is 11.8 Å². The Kier molecular flexibility index (Phi) is 4.17. The molecule has 2 bridgehead atoms. The van der Waals surface area contributed by atoms with E-state index in [1.807, 2.05) is 0 Å². The molecule has 4 atom stereocenters. The molecule has 2 aromatic rings. The van der Waals surface area contributed by atoms with Crippen molar-refractivity contribution in [1.29, 1.82) is 0 Å². The van der Waals surface area contributed by atoms with E-state index in [0.717, 1.165) is 6.42 Å². The molecule has 3 aliphatic rings. The summed E-state index contributed by atoms with van der Waals surface area (Å²) in [6, 6.07) is 12.6. The van der Waals surface area contributed by atoms with Crippen LogP contribution in [0, 0.1) is 23.7 Å². The summed E-state index contributed by atoms with van der Waals surface area (Å²) in [6.45, 7) is 1.47. The molecule has 0 aromatic heterocycles. The van der Waals surface area contributed by atoms with Gasteiger partial charge in [-0.15, -0.1) is 0 Å². The summed E-state index contributed by atoms with van der Waals surface area (Å²) >= 11 is 0. The maximum absolute atomic E-state index is 12.9. The zero-order chi connectivity index (χ0) is 21.0. The van der Waals surface area contributed by atoms with Gasteiger partial charge in [-0.2, -0.15) is 0 Å². The number of rotatable bonds is 4. The van der Waals surface area contributed by atoms with Crippen LogP contribution in [0.3, 0.4) is 0 Å². The number of ether oxygens (including phenoxy) is 1. The van der Waals surface area contributed by atoms with Gasteiger partial charge in [-0.05, 0) is 73.7 Å². The van der Waals surface area contributed by atoms with Crippen LogP contribution in [-0.2, 0) is 9.59 Å². The fourth-order valence-electron chi connectivity index (χ4n) is 4.83. The third-order valence-electron chi connectivity index (χ3n) is 6.30. The minimum Gasteiger partial charge on any atom is -0.423 e. The summed E-state index contributed by atoms with van der Waals surface area (Å²) in [5.74, 6) is -0.793. The van der Waals surface area contributed by atoms with Gasteiger partial charge in [0.1, 0.15) is 5.75 Å². The number of hydrogen-bond donors (Lipinski definition) is 0. The molecule has 30 heavy (non-hydrogen) atoms. The van der Waals surface area contributed by atoms with Crippen LogP contribution in [-0.4, -0.2) is 23.6 Å². The number of Topliss-reactive ketones (excluding diaryl/α,β-unsaturated/α-hetero) is 1. The van der Waals surface area contributed by atoms with Crippen LogP contribution in [0.25, 0.3) is 0 Å².